The molecule has 2 aliphatic rings. The molecule has 0 aromatic carbocycles. The molecule has 0 aromatic heterocycles. The fourth-order valence-corrected chi connectivity index (χ4v) is 3.91. The molecule has 0 spiro atoms. The first-order chi connectivity index (χ1) is 8.74. The summed E-state index contributed by atoms with van der Waals surface area (Å²) in [5.74, 6) is 1.46. The number of ether oxygens (including phenoxy) is 1. The average molecular weight is 254 g/mol. The van der Waals surface area contributed by atoms with E-state index < -0.39 is 0 Å². The molecule has 0 aromatic rings. The van der Waals surface area contributed by atoms with Gasteiger partial charge < -0.3 is 10.5 Å². The highest BCUT2D eigenvalue weighted by atomic mass is 16.5. The molecule has 2 fully saturated rings. The van der Waals surface area contributed by atoms with Crippen molar-refractivity contribution < 1.29 is 4.74 Å². The van der Waals surface area contributed by atoms with E-state index in [4.69, 9.17) is 10.5 Å². The molecular formula is C15H30N2O. The zero-order valence-electron chi connectivity index (χ0n) is 12.1. The Kier molecular flexibility index (Phi) is 5.46. The predicted molar refractivity (Wildman–Crippen MR) is 75.6 cm³/mol. The van der Waals surface area contributed by atoms with E-state index in [1.807, 2.05) is 0 Å². The smallest absolute Gasteiger partial charge is 0.0509 e. The summed E-state index contributed by atoms with van der Waals surface area (Å²) in [5, 5.41) is 0. The molecule has 18 heavy (non-hydrogen) atoms. The summed E-state index contributed by atoms with van der Waals surface area (Å²) in [6.45, 7) is 5.03. The summed E-state index contributed by atoms with van der Waals surface area (Å²) < 4.78 is 5.65. The highest BCUT2D eigenvalue weighted by Crippen LogP contribution is 2.31. The maximum Gasteiger partial charge on any atom is 0.0509 e. The summed E-state index contributed by atoms with van der Waals surface area (Å²) >= 11 is 0. The van der Waals surface area contributed by atoms with E-state index in [1.54, 1.807) is 0 Å². The van der Waals surface area contributed by atoms with Gasteiger partial charge in [0.2, 0.25) is 0 Å². The SMILES string of the molecule is CC1CCCCC1N(C)C(CN)C1CCCOC1. The van der Waals surface area contributed by atoms with Gasteiger partial charge in [0, 0.05) is 25.2 Å². The average Bonchev–Trinajstić information content (AvgIpc) is 2.41. The highest BCUT2D eigenvalue weighted by Gasteiger charge is 2.33. The maximum atomic E-state index is 6.06. The minimum Gasteiger partial charge on any atom is -0.381 e. The van der Waals surface area contributed by atoms with E-state index in [2.05, 4.69) is 18.9 Å². The zero-order chi connectivity index (χ0) is 13.0. The van der Waals surface area contributed by atoms with Crippen molar-refractivity contribution in [3.63, 3.8) is 0 Å². The first-order valence-corrected chi connectivity index (χ1v) is 7.73. The van der Waals surface area contributed by atoms with Crippen LogP contribution in [0.15, 0.2) is 0 Å². The first-order valence-electron chi connectivity index (χ1n) is 7.73. The lowest BCUT2D eigenvalue weighted by molar-refractivity contribution is -0.00507. The Labute approximate surface area is 112 Å². The van der Waals surface area contributed by atoms with E-state index >= 15 is 0 Å². The molecule has 1 aliphatic heterocycles. The van der Waals surface area contributed by atoms with E-state index in [-0.39, 0.29) is 0 Å². The summed E-state index contributed by atoms with van der Waals surface area (Å²) in [7, 11) is 2.29. The molecule has 1 saturated heterocycles. The Bertz CT molecular complexity index is 241. The molecule has 0 radical (unpaired) electrons. The van der Waals surface area contributed by atoms with Crippen LogP contribution in [-0.2, 0) is 4.74 Å². The number of hydrogen-bond donors (Lipinski definition) is 1. The van der Waals surface area contributed by atoms with E-state index in [0.717, 1.165) is 31.7 Å². The van der Waals surface area contributed by atoms with Gasteiger partial charge in [-0.25, -0.2) is 0 Å². The van der Waals surface area contributed by atoms with Gasteiger partial charge in [-0.1, -0.05) is 19.8 Å². The molecule has 0 bridgehead atoms. The van der Waals surface area contributed by atoms with Crippen LogP contribution in [0.25, 0.3) is 0 Å². The second-order valence-electron chi connectivity index (χ2n) is 6.27. The molecule has 3 heteroatoms. The Morgan fingerprint density at radius 2 is 2.00 bits per heavy atom. The van der Waals surface area contributed by atoms with Crippen LogP contribution < -0.4 is 5.73 Å². The van der Waals surface area contributed by atoms with Crippen molar-refractivity contribution in [1.29, 1.82) is 0 Å². The van der Waals surface area contributed by atoms with Gasteiger partial charge in [-0.05, 0) is 44.6 Å². The molecule has 106 valence electrons. The minimum absolute atomic E-state index is 0.510. The van der Waals surface area contributed by atoms with Crippen molar-refractivity contribution in [3.05, 3.63) is 0 Å². The van der Waals surface area contributed by atoms with E-state index in [0.29, 0.717) is 12.0 Å². The van der Waals surface area contributed by atoms with Crippen molar-refractivity contribution in [3.8, 4) is 0 Å². The minimum atomic E-state index is 0.510. The number of hydrogen-bond acceptors (Lipinski definition) is 3. The number of likely N-dealkylation sites (N-methyl/N-ethyl adjacent to an activating group) is 1. The third kappa shape index (κ3) is 3.25. The summed E-state index contributed by atoms with van der Waals surface area (Å²) in [6, 6.07) is 1.24. The first kappa shape index (κ1) is 14.3. The summed E-state index contributed by atoms with van der Waals surface area (Å²) in [4.78, 5) is 2.59. The van der Waals surface area contributed by atoms with Crippen molar-refractivity contribution in [2.24, 2.45) is 17.6 Å². The topological polar surface area (TPSA) is 38.5 Å². The van der Waals surface area contributed by atoms with Crippen LogP contribution in [0.2, 0.25) is 0 Å². The molecule has 0 amide bonds. The van der Waals surface area contributed by atoms with Gasteiger partial charge in [0.1, 0.15) is 0 Å². The normalized spacial score (nSPS) is 35.7. The Balaban J connectivity index is 1.96. The van der Waals surface area contributed by atoms with Crippen LogP contribution in [0.1, 0.15) is 45.4 Å². The zero-order valence-corrected chi connectivity index (χ0v) is 12.1. The Morgan fingerprint density at radius 1 is 1.22 bits per heavy atom. The predicted octanol–water partition coefficient (Wildman–Crippen LogP) is 2.25. The second-order valence-corrected chi connectivity index (χ2v) is 6.27. The molecule has 4 atom stereocenters. The fraction of sp³-hybridized carbons (Fsp3) is 1.00. The van der Waals surface area contributed by atoms with Gasteiger partial charge in [-0.15, -0.1) is 0 Å². The van der Waals surface area contributed by atoms with E-state index in [1.165, 1.54) is 38.5 Å². The second kappa shape index (κ2) is 6.88. The Morgan fingerprint density at radius 3 is 2.61 bits per heavy atom. The van der Waals surface area contributed by atoms with Crippen LogP contribution >= 0.6 is 0 Å². The molecular weight excluding hydrogens is 224 g/mol. The lowest BCUT2D eigenvalue weighted by Gasteiger charge is -2.44. The number of nitrogens with two attached hydrogens (primary N) is 1. The summed E-state index contributed by atoms with van der Waals surface area (Å²) in [5.41, 5.74) is 6.06. The van der Waals surface area contributed by atoms with Crippen LogP contribution in [0.5, 0.6) is 0 Å². The van der Waals surface area contributed by atoms with Crippen molar-refractivity contribution in [1.82, 2.24) is 4.90 Å². The van der Waals surface area contributed by atoms with Gasteiger partial charge in [0.15, 0.2) is 0 Å². The summed E-state index contributed by atoms with van der Waals surface area (Å²) in [6.07, 6.45) is 8.01. The van der Waals surface area contributed by atoms with E-state index in [9.17, 15) is 0 Å². The van der Waals surface area contributed by atoms with Gasteiger partial charge in [0.05, 0.1) is 6.61 Å². The van der Waals surface area contributed by atoms with Crippen molar-refractivity contribution in [2.45, 2.75) is 57.5 Å². The van der Waals surface area contributed by atoms with Crippen LogP contribution in [0, 0.1) is 11.8 Å². The maximum absolute atomic E-state index is 6.06. The lowest BCUT2D eigenvalue weighted by Crippen LogP contribution is -2.52. The van der Waals surface area contributed by atoms with Gasteiger partial charge >= 0.3 is 0 Å². The highest BCUT2D eigenvalue weighted by molar-refractivity contribution is 4.87. The van der Waals surface area contributed by atoms with Crippen molar-refractivity contribution >= 4 is 0 Å². The molecule has 2 rings (SSSR count). The third-order valence-corrected chi connectivity index (χ3v) is 5.09. The Hall–Kier alpha value is -0.120. The van der Waals surface area contributed by atoms with Gasteiger partial charge in [0.25, 0.3) is 0 Å². The fourth-order valence-electron chi connectivity index (χ4n) is 3.91. The van der Waals surface area contributed by atoms with Gasteiger partial charge in [-0.3, -0.25) is 4.90 Å². The third-order valence-electron chi connectivity index (χ3n) is 5.09. The molecule has 1 heterocycles. The molecule has 4 unspecified atom stereocenters. The number of rotatable bonds is 4. The van der Waals surface area contributed by atoms with Crippen molar-refractivity contribution in [2.75, 3.05) is 26.8 Å². The molecule has 2 N–H and O–H groups in total. The van der Waals surface area contributed by atoms with Crippen LogP contribution in [0.3, 0.4) is 0 Å². The standard InChI is InChI=1S/C15H30N2O/c1-12-6-3-4-8-14(12)17(2)15(10-16)13-7-5-9-18-11-13/h12-15H,3-11,16H2,1-2H3. The molecule has 3 nitrogen and oxygen atoms in total. The quantitative estimate of drug-likeness (QED) is 0.836. The van der Waals surface area contributed by atoms with Crippen LogP contribution in [0.4, 0.5) is 0 Å². The molecule has 1 saturated carbocycles. The van der Waals surface area contributed by atoms with Gasteiger partial charge in [-0.2, -0.15) is 0 Å². The largest absolute Gasteiger partial charge is 0.381 e. The lowest BCUT2D eigenvalue weighted by atomic mass is 9.82. The van der Waals surface area contributed by atoms with Crippen LogP contribution in [-0.4, -0.2) is 43.8 Å². The number of nitrogens with zero attached hydrogens (tertiary/aromatic N) is 1. The molecule has 1 aliphatic carbocycles. The monoisotopic (exact) mass is 254 g/mol.